The van der Waals surface area contributed by atoms with Crippen molar-refractivity contribution < 1.29 is 13.3 Å². The van der Waals surface area contributed by atoms with Gasteiger partial charge in [0, 0.05) is 16.5 Å². The molecule has 1 aromatic rings. The predicted molar refractivity (Wildman–Crippen MR) is 73.7 cm³/mol. The number of sulfone groups is 1. The minimum absolute atomic E-state index is 0.0786. The first-order valence-electron chi connectivity index (χ1n) is 5.68. The molecule has 0 atom stereocenters. The van der Waals surface area contributed by atoms with Gasteiger partial charge >= 0.3 is 0 Å². The van der Waals surface area contributed by atoms with E-state index < -0.39 is 9.84 Å². The molecule has 0 amide bonds. The lowest BCUT2D eigenvalue weighted by Gasteiger charge is -2.13. The van der Waals surface area contributed by atoms with Crippen LogP contribution >= 0.6 is 15.9 Å². The predicted octanol–water partition coefficient (Wildman–Crippen LogP) is 2.68. The van der Waals surface area contributed by atoms with Crippen molar-refractivity contribution in [3.63, 3.8) is 0 Å². The summed E-state index contributed by atoms with van der Waals surface area (Å²) in [5.74, 6) is 0.0786. The molecule has 18 heavy (non-hydrogen) atoms. The molecule has 0 saturated heterocycles. The van der Waals surface area contributed by atoms with Gasteiger partial charge in [0.1, 0.15) is 6.61 Å². The molecule has 1 aliphatic heterocycles. The Balaban J connectivity index is 2.71. The van der Waals surface area contributed by atoms with Crippen LogP contribution in [0.4, 0.5) is 0 Å². The van der Waals surface area contributed by atoms with Crippen molar-refractivity contribution in [2.24, 2.45) is 5.16 Å². The molecule has 0 radical (unpaired) electrons. The Hall–Kier alpha value is -0.880. The largest absolute Gasteiger partial charge is 0.395 e. The topological polar surface area (TPSA) is 55.7 Å². The lowest BCUT2D eigenvalue weighted by atomic mass is 10.0. The number of rotatable bonds is 3. The van der Waals surface area contributed by atoms with Crippen molar-refractivity contribution in [1.29, 1.82) is 0 Å². The molecule has 0 unspecified atom stereocenters. The van der Waals surface area contributed by atoms with Crippen LogP contribution in [-0.4, -0.2) is 26.5 Å². The molecule has 0 bridgehead atoms. The van der Waals surface area contributed by atoms with E-state index in [0.29, 0.717) is 29.2 Å². The number of halogens is 1. The van der Waals surface area contributed by atoms with E-state index in [1.807, 2.05) is 6.92 Å². The van der Waals surface area contributed by atoms with Gasteiger partial charge < -0.3 is 4.84 Å². The van der Waals surface area contributed by atoms with E-state index in [4.69, 9.17) is 4.84 Å². The summed E-state index contributed by atoms with van der Waals surface area (Å²) in [5.41, 5.74) is 2.28. The first-order valence-corrected chi connectivity index (χ1v) is 8.13. The van der Waals surface area contributed by atoms with Crippen LogP contribution in [0.1, 0.15) is 24.5 Å². The average molecular weight is 332 g/mol. The molecule has 98 valence electrons. The van der Waals surface area contributed by atoms with E-state index in [2.05, 4.69) is 21.1 Å². The fourth-order valence-electron chi connectivity index (χ4n) is 1.92. The quantitative estimate of drug-likeness (QED) is 0.855. The third-order valence-corrected chi connectivity index (χ3v) is 5.60. The molecular formula is C12H14BrNO3S. The summed E-state index contributed by atoms with van der Waals surface area (Å²) in [7, 11) is -3.26. The molecule has 0 aromatic heterocycles. The molecule has 1 aromatic carbocycles. The normalized spacial score (nSPS) is 15.4. The van der Waals surface area contributed by atoms with Crippen LogP contribution in [0.15, 0.2) is 26.7 Å². The maximum absolute atomic E-state index is 12.1. The van der Waals surface area contributed by atoms with Crippen LogP contribution in [0.25, 0.3) is 0 Å². The van der Waals surface area contributed by atoms with Crippen molar-refractivity contribution in [3.05, 3.63) is 27.7 Å². The maximum Gasteiger partial charge on any atom is 0.178 e. The fraction of sp³-hybridized carbons (Fsp3) is 0.417. The first kappa shape index (κ1) is 13.5. The lowest BCUT2D eigenvalue weighted by molar-refractivity contribution is 0.174. The van der Waals surface area contributed by atoms with Gasteiger partial charge in [-0.15, -0.1) is 0 Å². The Bertz CT molecular complexity index is 608. The molecule has 2 rings (SSSR count). The first-order chi connectivity index (χ1) is 8.47. The third-order valence-electron chi connectivity index (χ3n) is 2.97. The summed E-state index contributed by atoms with van der Waals surface area (Å²) in [5, 5.41) is 3.95. The summed E-state index contributed by atoms with van der Waals surface area (Å²) >= 11 is 3.43. The summed E-state index contributed by atoms with van der Waals surface area (Å²) in [6.45, 7) is 4.03. The second-order valence-corrected chi connectivity index (χ2v) is 7.17. The molecular weight excluding hydrogens is 318 g/mol. The number of nitrogens with zero attached hydrogens (tertiary/aromatic N) is 1. The Labute approximate surface area is 115 Å². The average Bonchev–Trinajstić information content (AvgIpc) is 2.85. The van der Waals surface area contributed by atoms with Gasteiger partial charge in [0.05, 0.1) is 16.4 Å². The smallest absolute Gasteiger partial charge is 0.178 e. The molecule has 6 heteroatoms. The van der Waals surface area contributed by atoms with Crippen LogP contribution in [0.2, 0.25) is 0 Å². The highest BCUT2D eigenvalue weighted by atomic mass is 79.9. The maximum atomic E-state index is 12.1. The highest BCUT2D eigenvalue weighted by molar-refractivity contribution is 9.10. The number of hydrogen-bond acceptors (Lipinski definition) is 4. The zero-order valence-electron chi connectivity index (χ0n) is 10.2. The van der Waals surface area contributed by atoms with E-state index in [-0.39, 0.29) is 5.75 Å². The highest BCUT2D eigenvalue weighted by Gasteiger charge is 2.24. The molecule has 1 heterocycles. The van der Waals surface area contributed by atoms with Gasteiger partial charge in [-0.2, -0.15) is 0 Å². The second-order valence-electron chi connectivity index (χ2n) is 4.07. The highest BCUT2D eigenvalue weighted by Crippen LogP contribution is 2.29. The summed E-state index contributed by atoms with van der Waals surface area (Å²) in [4.78, 5) is 5.33. The van der Waals surface area contributed by atoms with Gasteiger partial charge in [0.25, 0.3) is 0 Å². The van der Waals surface area contributed by atoms with Crippen LogP contribution in [-0.2, 0) is 14.7 Å². The van der Waals surface area contributed by atoms with Crippen LogP contribution in [0.5, 0.6) is 0 Å². The van der Waals surface area contributed by atoms with Gasteiger partial charge in [-0.3, -0.25) is 0 Å². The SMILES string of the molecule is CCS(=O)(=O)c1ccc(Br)c(C)c1C1=NOCC1. The fourth-order valence-corrected chi connectivity index (χ4v) is 3.42. The Morgan fingerprint density at radius 1 is 1.44 bits per heavy atom. The van der Waals surface area contributed by atoms with Crippen LogP contribution < -0.4 is 0 Å². The van der Waals surface area contributed by atoms with Gasteiger partial charge in [-0.05, 0) is 24.6 Å². The van der Waals surface area contributed by atoms with E-state index in [1.54, 1.807) is 19.1 Å². The molecule has 0 N–H and O–H groups in total. The number of benzene rings is 1. The summed E-state index contributed by atoms with van der Waals surface area (Å²) in [6, 6.07) is 3.39. The molecule has 0 spiro atoms. The van der Waals surface area contributed by atoms with Crippen LogP contribution in [0.3, 0.4) is 0 Å². The van der Waals surface area contributed by atoms with Crippen molar-refractivity contribution in [3.8, 4) is 0 Å². The minimum Gasteiger partial charge on any atom is -0.395 e. The van der Waals surface area contributed by atoms with Crippen molar-refractivity contribution in [2.75, 3.05) is 12.4 Å². The zero-order chi connectivity index (χ0) is 13.3. The Kier molecular flexibility index (Phi) is 3.77. The van der Waals surface area contributed by atoms with Crippen molar-refractivity contribution in [1.82, 2.24) is 0 Å². The van der Waals surface area contributed by atoms with E-state index in [0.717, 1.165) is 10.0 Å². The summed E-state index contributed by atoms with van der Waals surface area (Å²) in [6.07, 6.45) is 0.642. The van der Waals surface area contributed by atoms with Gasteiger partial charge in [-0.1, -0.05) is 28.0 Å². The Morgan fingerprint density at radius 2 is 2.17 bits per heavy atom. The van der Waals surface area contributed by atoms with Gasteiger partial charge in [-0.25, -0.2) is 8.42 Å². The number of hydrogen-bond donors (Lipinski definition) is 0. The van der Waals surface area contributed by atoms with Crippen molar-refractivity contribution in [2.45, 2.75) is 25.2 Å². The summed E-state index contributed by atoms with van der Waals surface area (Å²) < 4.78 is 25.1. The van der Waals surface area contributed by atoms with Crippen molar-refractivity contribution >= 4 is 31.5 Å². The zero-order valence-corrected chi connectivity index (χ0v) is 12.6. The lowest BCUT2D eigenvalue weighted by Crippen LogP contribution is -2.13. The van der Waals surface area contributed by atoms with E-state index in [9.17, 15) is 8.42 Å². The monoisotopic (exact) mass is 331 g/mol. The molecule has 0 fully saturated rings. The van der Waals surface area contributed by atoms with E-state index >= 15 is 0 Å². The van der Waals surface area contributed by atoms with E-state index in [1.165, 1.54) is 0 Å². The minimum atomic E-state index is -3.26. The standard InChI is InChI=1S/C12H14BrNO3S/c1-3-18(15,16)11-5-4-9(13)8(2)12(11)10-6-7-17-14-10/h4-5H,3,6-7H2,1-2H3. The second kappa shape index (κ2) is 5.01. The number of oxime groups is 1. The molecule has 0 aliphatic carbocycles. The van der Waals surface area contributed by atoms with Gasteiger partial charge in [0.2, 0.25) is 0 Å². The molecule has 1 aliphatic rings. The third kappa shape index (κ3) is 2.31. The van der Waals surface area contributed by atoms with Gasteiger partial charge in [0.15, 0.2) is 9.84 Å². The molecule has 0 saturated carbocycles. The van der Waals surface area contributed by atoms with Crippen LogP contribution in [0, 0.1) is 6.92 Å². The Morgan fingerprint density at radius 3 is 2.72 bits per heavy atom. The molecule has 4 nitrogen and oxygen atoms in total.